The van der Waals surface area contributed by atoms with Crippen LogP contribution in [0.25, 0.3) is 0 Å². The Labute approximate surface area is 132 Å². The number of hydrogen-bond donors (Lipinski definition) is 1. The van der Waals surface area contributed by atoms with Crippen LogP contribution in [-0.4, -0.2) is 27.8 Å². The number of rotatable bonds is 5. The van der Waals surface area contributed by atoms with Crippen LogP contribution in [0.1, 0.15) is 18.9 Å². The summed E-state index contributed by atoms with van der Waals surface area (Å²) in [4.78, 5) is 25.8. The van der Waals surface area contributed by atoms with E-state index < -0.39 is 0 Å². The number of hydrogen-bond acceptors (Lipinski definition) is 4. The monoisotopic (exact) mass is 320 g/mol. The van der Waals surface area contributed by atoms with Crippen LogP contribution in [-0.2, 0) is 16.1 Å². The quantitative estimate of drug-likeness (QED) is 0.847. The molecule has 1 atom stereocenters. The second kappa shape index (κ2) is 6.15. The summed E-state index contributed by atoms with van der Waals surface area (Å²) in [6.45, 7) is 2.53. The molecule has 0 bridgehead atoms. The van der Waals surface area contributed by atoms with Crippen molar-refractivity contribution >= 4 is 35.3 Å². The van der Waals surface area contributed by atoms with Crippen LogP contribution in [0.15, 0.2) is 40.3 Å². The molecule has 110 valence electrons. The first-order valence-corrected chi connectivity index (χ1v) is 8.75. The summed E-state index contributed by atoms with van der Waals surface area (Å²) in [5, 5.41) is 3.05. The van der Waals surface area contributed by atoms with Crippen molar-refractivity contribution in [2.24, 2.45) is 0 Å². The largest absolute Gasteiger partial charge is 0.347 e. The van der Waals surface area contributed by atoms with E-state index in [1.54, 1.807) is 28.4 Å². The van der Waals surface area contributed by atoms with Gasteiger partial charge in [0.05, 0.1) is 16.0 Å². The molecule has 1 aromatic carbocycles. The SMILES string of the molecule is CCSC1=C(C(=O)NCc2ccccc2)N2C(=O)C[C@@H]2S1. The molecule has 2 aliphatic heterocycles. The molecule has 0 radical (unpaired) electrons. The van der Waals surface area contributed by atoms with Gasteiger partial charge in [-0.3, -0.25) is 14.5 Å². The zero-order valence-corrected chi connectivity index (χ0v) is 13.3. The first kappa shape index (κ1) is 14.5. The van der Waals surface area contributed by atoms with Gasteiger partial charge in [0.2, 0.25) is 5.91 Å². The number of nitrogens with one attached hydrogen (secondary N) is 1. The summed E-state index contributed by atoms with van der Waals surface area (Å²) in [7, 11) is 0. The van der Waals surface area contributed by atoms with Gasteiger partial charge in [0, 0.05) is 6.54 Å². The van der Waals surface area contributed by atoms with E-state index >= 15 is 0 Å². The molecular weight excluding hydrogens is 304 g/mol. The molecule has 4 nitrogen and oxygen atoms in total. The lowest BCUT2D eigenvalue weighted by Crippen LogP contribution is -2.50. The molecule has 0 aliphatic carbocycles. The zero-order chi connectivity index (χ0) is 14.8. The van der Waals surface area contributed by atoms with Gasteiger partial charge in [0.25, 0.3) is 5.91 Å². The summed E-state index contributed by atoms with van der Waals surface area (Å²) >= 11 is 3.27. The van der Waals surface area contributed by atoms with Crippen LogP contribution in [0.5, 0.6) is 0 Å². The van der Waals surface area contributed by atoms with E-state index in [0.717, 1.165) is 15.6 Å². The highest BCUT2D eigenvalue weighted by molar-refractivity contribution is 8.22. The Hall–Kier alpha value is -1.40. The van der Waals surface area contributed by atoms with Crippen molar-refractivity contribution in [3.8, 4) is 0 Å². The fraction of sp³-hybridized carbons (Fsp3) is 0.333. The van der Waals surface area contributed by atoms with Gasteiger partial charge in [0.15, 0.2) is 0 Å². The topological polar surface area (TPSA) is 49.4 Å². The lowest BCUT2D eigenvalue weighted by molar-refractivity contribution is -0.140. The van der Waals surface area contributed by atoms with Gasteiger partial charge in [-0.15, -0.1) is 11.8 Å². The summed E-state index contributed by atoms with van der Waals surface area (Å²) in [5.74, 6) is 0.786. The van der Waals surface area contributed by atoms with Crippen LogP contribution >= 0.6 is 23.5 Å². The van der Waals surface area contributed by atoms with Crippen molar-refractivity contribution < 1.29 is 9.59 Å². The molecule has 2 heterocycles. The Bertz CT molecular complexity index is 601. The minimum absolute atomic E-state index is 0.0454. The first-order valence-electron chi connectivity index (χ1n) is 6.88. The fourth-order valence-electron chi connectivity index (χ4n) is 2.33. The summed E-state index contributed by atoms with van der Waals surface area (Å²) < 4.78 is 0.971. The highest BCUT2D eigenvalue weighted by atomic mass is 32.2. The Kier molecular flexibility index (Phi) is 4.26. The summed E-state index contributed by atoms with van der Waals surface area (Å²) in [6, 6.07) is 9.77. The van der Waals surface area contributed by atoms with Crippen molar-refractivity contribution in [3.63, 3.8) is 0 Å². The average molecular weight is 320 g/mol. The molecule has 3 rings (SSSR count). The molecule has 2 aliphatic rings. The first-order chi connectivity index (χ1) is 10.2. The van der Waals surface area contributed by atoms with E-state index in [4.69, 9.17) is 0 Å². The third-order valence-corrected chi connectivity index (χ3v) is 5.81. The standard InChI is InChI=1S/C15H16N2O2S2/c1-2-20-15-13(17-11(18)8-12(17)21-15)14(19)16-9-10-6-4-3-5-7-10/h3-7,12H,2,8-9H2,1H3,(H,16,19)/t12-/m0/s1. The molecule has 0 aromatic heterocycles. The smallest absolute Gasteiger partial charge is 0.270 e. The van der Waals surface area contributed by atoms with Gasteiger partial charge < -0.3 is 5.32 Å². The van der Waals surface area contributed by atoms with E-state index in [1.807, 2.05) is 30.3 Å². The van der Waals surface area contributed by atoms with Crippen LogP contribution < -0.4 is 5.32 Å². The second-order valence-corrected chi connectivity index (χ2v) is 7.50. The molecule has 2 amide bonds. The molecule has 21 heavy (non-hydrogen) atoms. The van der Waals surface area contributed by atoms with Gasteiger partial charge in [-0.05, 0) is 11.3 Å². The maximum atomic E-state index is 12.4. The average Bonchev–Trinajstić information content (AvgIpc) is 2.79. The summed E-state index contributed by atoms with van der Waals surface area (Å²) in [5.41, 5.74) is 1.59. The van der Waals surface area contributed by atoms with E-state index in [0.29, 0.717) is 18.7 Å². The Balaban J connectivity index is 1.72. The number of thioether (sulfide) groups is 2. The van der Waals surface area contributed by atoms with Gasteiger partial charge in [-0.25, -0.2) is 0 Å². The normalized spacial score (nSPS) is 20.3. The van der Waals surface area contributed by atoms with Crippen molar-refractivity contribution in [3.05, 3.63) is 45.8 Å². The van der Waals surface area contributed by atoms with E-state index in [9.17, 15) is 9.59 Å². The fourth-order valence-corrected chi connectivity index (χ4v) is 4.98. The van der Waals surface area contributed by atoms with Crippen molar-refractivity contribution in [1.29, 1.82) is 0 Å². The molecule has 1 aromatic rings. The number of carbonyl (C=O) groups excluding carboxylic acids is 2. The molecule has 0 spiro atoms. The maximum Gasteiger partial charge on any atom is 0.270 e. The van der Waals surface area contributed by atoms with Crippen LogP contribution in [0.2, 0.25) is 0 Å². The van der Waals surface area contributed by atoms with E-state index in [2.05, 4.69) is 12.2 Å². The van der Waals surface area contributed by atoms with Gasteiger partial charge >= 0.3 is 0 Å². The molecule has 6 heteroatoms. The van der Waals surface area contributed by atoms with Crippen molar-refractivity contribution in [2.75, 3.05) is 5.75 Å². The number of amides is 2. The highest BCUT2D eigenvalue weighted by Gasteiger charge is 2.48. The molecule has 0 unspecified atom stereocenters. The van der Waals surface area contributed by atoms with Gasteiger partial charge in [-0.1, -0.05) is 49.0 Å². The molecule has 1 N–H and O–H groups in total. The Morgan fingerprint density at radius 3 is 2.86 bits per heavy atom. The number of fused-ring (bicyclic) bond motifs is 1. The highest BCUT2D eigenvalue weighted by Crippen LogP contribution is 2.50. The lowest BCUT2D eigenvalue weighted by Gasteiger charge is -2.34. The van der Waals surface area contributed by atoms with Crippen molar-refractivity contribution in [1.82, 2.24) is 10.2 Å². The molecule has 0 saturated carbocycles. The number of β-lactam (4-membered cyclic amide) rings is 1. The van der Waals surface area contributed by atoms with Crippen molar-refractivity contribution in [2.45, 2.75) is 25.3 Å². The van der Waals surface area contributed by atoms with E-state index in [-0.39, 0.29) is 17.2 Å². The van der Waals surface area contributed by atoms with E-state index in [1.165, 1.54) is 0 Å². The van der Waals surface area contributed by atoms with Crippen LogP contribution in [0.4, 0.5) is 0 Å². The predicted octanol–water partition coefficient (Wildman–Crippen LogP) is 2.53. The van der Waals surface area contributed by atoms with Gasteiger partial charge in [0.1, 0.15) is 5.70 Å². The maximum absolute atomic E-state index is 12.4. The lowest BCUT2D eigenvalue weighted by atomic mass is 10.1. The van der Waals surface area contributed by atoms with Crippen LogP contribution in [0.3, 0.4) is 0 Å². The minimum atomic E-state index is -0.155. The molecule has 1 fully saturated rings. The number of nitrogens with zero attached hydrogens (tertiary/aromatic N) is 1. The number of benzene rings is 1. The number of carbonyl (C=O) groups is 2. The molecular formula is C15H16N2O2S2. The second-order valence-electron chi connectivity index (χ2n) is 4.78. The Morgan fingerprint density at radius 2 is 2.19 bits per heavy atom. The predicted molar refractivity (Wildman–Crippen MR) is 86.3 cm³/mol. The molecule has 1 saturated heterocycles. The minimum Gasteiger partial charge on any atom is -0.347 e. The third kappa shape index (κ3) is 2.82. The Morgan fingerprint density at radius 1 is 1.43 bits per heavy atom. The van der Waals surface area contributed by atoms with Crippen LogP contribution in [0, 0.1) is 0 Å². The summed E-state index contributed by atoms with van der Waals surface area (Å²) in [6.07, 6.45) is 0.536. The third-order valence-electron chi connectivity index (χ3n) is 3.37. The van der Waals surface area contributed by atoms with Gasteiger partial charge in [-0.2, -0.15) is 0 Å². The zero-order valence-electron chi connectivity index (χ0n) is 11.7.